The lowest BCUT2D eigenvalue weighted by atomic mass is 10.0. The molecule has 3 aromatic rings. The summed E-state index contributed by atoms with van der Waals surface area (Å²) in [5.41, 5.74) is 3.02. The first-order valence-corrected chi connectivity index (χ1v) is 9.04. The summed E-state index contributed by atoms with van der Waals surface area (Å²) in [4.78, 5) is 25.1. The van der Waals surface area contributed by atoms with Crippen molar-refractivity contribution in [3.8, 4) is 11.5 Å². The molecule has 0 spiro atoms. The molecular formula is C24H17FO4. The van der Waals surface area contributed by atoms with E-state index in [-0.39, 0.29) is 17.3 Å². The second-order valence-electron chi connectivity index (χ2n) is 6.86. The van der Waals surface area contributed by atoms with Crippen molar-refractivity contribution in [2.45, 2.75) is 13.8 Å². The minimum absolute atomic E-state index is 0.0933. The number of rotatable bonds is 3. The van der Waals surface area contributed by atoms with Gasteiger partial charge in [0.15, 0.2) is 5.76 Å². The first-order valence-electron chi connectivity index (χ1n) is 9.04. The highest BCUT2D eigenvalue weighted by Crippen LogP contribution is 2.37. The number of aryl methyl sites for hydroxylation is 2. The second kappa shape index (κ2) is 7.36. The van der Waals surface area contributed by atoms with Crippen molar-refractivity contribution in [2.24, 2.45) is 0 Å². The van der Waals surface area contributed by atoms with E-state index in [9.17, 15) is 14.0 Å². The molecule has 0 N–H and O–H groups in total. The van der Waals surface area contributed by atoms with E-state index >= 15 is 0 Å². The summed E-state index contributed by atoms with van der Waals surface area (Å²) < 4.78 is 24.5. The van der Waals surface area contributed by atoms with Crippen LogP contribution in [0.4, 0.5) is 4.39 Å². The number of carbonyl (C=O) groups excluding carboxylic acids is 2. The zero-order chi connectivity index (χ0) is 20.5. The summed E-state index contributed by atoms with van der Waals surface area (Å²) in [7, 11) is 0. The Labute approximate surface area is 167 Å². The Balaban J connectivity index is 1.60. The van der Waals surface area contributed by atoms with Gasteiger partial charge in [-0.05, 0) is 61.4 Å². The number of hydrogen-bond donors (Lipinski definition) is 0. The third kappa shape index (κ3) is 3.80. The molecule has 1 heterocycles. The third-order valence-electron chi connectivity index (χ3n) is 4.59. The molecule has 0 saturated heterocycles. The molecule has 5 heteroatoms. The van der Waals surface area contributed by atoms with Crippen molar-refractivity contribution in [1.29, 1.82) is 0 Å². The van der Waals surface area contributed by atoms with Crippen LogP contribution in [0.3, 0.4) is 0 Å². The molecular weight excluding hydrogens is 371 g/mol. The van der Waals surface area contributed by atoms with Crippen molar-refractivity contribution >= 4 is 17.8 Å². The molecule has 0 atom stereocenters. The van der Waals surface area contributed by atoms with Crippen LogP contribution < -0.4 is 9.47 Å². The molecule has 0 unspecified atom stereocenters. The molecule has 144 valence electrons. The summed E-state index contributed by atoms with van der Waals surface area (Å²) in [6.45, 7) is 3.68. The number of ether oxygens (including phenoxy) is 2. The predicted octanol–water partition coefficient (Wildman–Crippen LogP) is 5.28. The van der Waals surface area contributed by atoms with Crippen LogP contribution in [0.25, 0.3) is 6.08 Å². The Morgan fingerprint density at radius 1 is 1.03 bits per heavy atom. The Morgan fingerprint density at radius 2 is 1.79 bits per heavy atom. The zero-order valence-electron chi connectivity index (χ0n) is 15.9. The predicted molar refractivity (Wildman–Crippen MR) is 107 cm³/mol. The highest BCUT2D eigenvalue weighted by molar-refractivity contribution is 6.15. The Hall–Kier alpha value is -3.73. The molecule has 4 nitrogen and oxygen atoms in total. The molecule has 0 radical (unpaired) electrons. The number of esters is 1. The van der Waals surface area contributed by atoms with Gasteiger partial charge in [0, 0.05) is 6.07 Å². The number of hydrogen-bond acceptors (Lipinski definition) is 4. The van der Waals surface area contributed by atoms with E-state index in [1.54, 1.807) is 37.3 Å². The fourth-order valence-electron chi connectivity index (χ4n) is 3.14. The average molecular weight is 388 g/mol. The van der Waals surface area contributed by atoms with Crippen molar-refractivity contribution < 1.29 is 23.5 Å². The van der Waals surface area contributed by atoms with Crippen LogP contribution in [-0.4, -0.2) is 11.8 Å². The Bertz CT molecular complexity index is 1160. The third-order valence-corrected chi connectivity index (χ3v) is 4.59. The lowest BCUT2D eigenvalue weighted by Crippen LogP contribution is -2.08. The first kappa shape index (κ1) is 18.6. The van der Waals surface area contributed by atoms with Crippen molar-refractivity contribution in [2.75, 3.05) is 0 Å². The maximum atomic E-state index is 13.4. The Kier molecular flexibility index (Phi) is 4.72. The van der Waals surface area contributed by atoms with Crippen molar-refractivity contribution in [3.63, 3.8) is 0 Å². The molecule has 0 aromatic heterocycles. The van der Waals surface area contributed by atoms with Crippen LogP contribution >= 0.6 is 0 Å². The van der Waals surface area contributed by atoms with E-state index in [0.717, 1.165) is 5.56 Å². The number of halogens is 1. The van der Waals surface area contributed by atoms with Crippen LogP contribution in [0.5, 0.6) is 11.5 Å². The lowest BCUT2D eigenvalue weighted by molar-refractivity contribution is 0.0734. The van der Waals surface area contributed by atoms with Gasteiger partial charge >= 0.3 is 5.97 Å². The monoisotopic (exact) mass is 388 g/mol. The highest BCUT2D eigenvalue weighted by atomic mass is 19.1. The molecule has 0 fully saturated rings. The standard InChI is InChI=1S/C24H17FO4/c1-14-6-8-17(9-7-14)24(27)28-19-10-15(2)22-20(13-19)29-21(23(22)26)12-16-4-3-5-18(25)11-16/h3-13H,1-2H3/b21-12-. The van der Waals surface area contributed by atoms with Gasteiger partial charge in [-0.1, -0.05) is 29.8 Å². The van der Waals surface area contributed by atoms with E-state index in [1.807, 2.05) is 19.1 Å². The Morgan fingerprint density at radius 3 is 2.52 bits per heavy atom. The van der Waals surface area contributed by atoms with Gasteiger partial charge in [0.05, 0.1) is 11.1 Å². The molecule has 1 aliphatic rings. The van der Waals surface area contributed by atoms with Crippen LogP contribution in [0.15, 0.2) is 66.4 Å². The maximum Gasteiger partial charge on any atom is 0.343 e. The number of benzene rings is 3. The summed E-state index contributed by atoms with van der Waals surface area (Å²) in [6.07, 6.45) is 1.49. The van der Waals surface area contributed by atoms with Crippen LogP contribution in [0.2, 0.25) is 0 Å². The minimum atomic E-state index is -0.496. The van der Waals surface area contributed by atoms with Gasteiger partial charge in [-0.2, -0.15) is 0 Å². The second-order valence-corrected chi connectivity index (χ2v) is 6.86. The van der Waals surface area contributed by atoms with Gasteiger partial charge in [-0.25, -0.2) is 9.18 Å². The molecule has 1 aliphatic heterocycles. The van der Waals surface area contributed by atoms with Crippen molar-refractivity contribution in [3.05, 3.63) is 100 Å². The molecule has 0 saturated carbocycles. The van der Waals surface area contributed by atoms with Crippen molar-refractivity contribution in [1.82, 2.24) is 0 Å². The van der Waals surface area contributed by atoms with Gasteiger partial charge in [-0.3, -0.25) is 4.79 Å². The molecule has 29 heavy (non-hydrogen) atoms. The number of Topliss-reactive ketones (excluding diaryl/α,β-unsaturated/α-hetero) is 1. The quantitative estimate of drug-likeness (QED) is 0.348. The summed E-state index contributed by atoms with van der Waals surface area (Å²) in [5.74, 6) is -0.502. The lowest BCUT2D eigenvalue weighted by Gasteiger charge is -2.08. The molecule has 3 aromatic carbocycles. The van der Waals surface area contributed by atoms with Crippen LogP contribution in [-0.2, 0) is 0 Å². The van der Waals surface area contributed by atoms with Gasteiger partial charge < -0.3 is 9.47 Å². The fourth-order valence-corrected chi connectivity index (χ4v) is 3.14. The zero-order valence-corrected chi connectivity index (χ0v) is 15.9. The van der Waals surface area contributed by atoms with E-state index in [0.29, 0.717) is 28.0 Å². The number of allylic oxidation sites excluding steroid dienone is 1. The molecule has 0 amide bonds. The normalized spacial score (nSPS) is 13.9. The van der Waals surface area contributed by atoms with Crippen LogP contribution in [0, 0.1) is 19.7 Å². The van der Waals surface area contributed by atoms with Crippen LogP contribution in [0.1, 0.15) is 37.4 Å². The number of carbonyl (C=O) groups is 2. The SMILES string of the molecule is Cc1ccc(C(=O)Oc2cc(C)c3c(c2)O/C(=C\c2cccc(F)c2)C3=O)cc1. The first-order chi connectivity index (χ1) is 13.9. The van der Waals surface area contributed by atoms with E-state index < -0.39 is 11.8 Å². The summed E-state index contributed by atoms with van der Waals surface area (Å²) in [6, 6.07) is 16.1. The fraction of sp³-hybridized carbons (Fsp3) is 0.0833. The van der Waals surface area contributed by atoms with Gasteiger partial charge in [0.25, 0.3) is 0 Å². The number of fused-ring (bicyclic) bond motifs is 1. The highest BCUT2D eigenvalue weighted by Gasteiger charge is 2.30. The number of ketones is 1. The average Bonchev–Trinajstić information content (AvgIpc) is 2.98. The van der Waals surface area contributed by atoms with Gasteiger partial charge in [0.1, 0.15) is 17.3 Å². The summed E-state index contributed by atoms with van der Waals surface area (Å²) in [5, 5.41) is 0. The minimum Gasteiger partial charge on any atom is -0.452 e. The largest absolute Gasteiger partial charge is 0.452 e. The molecule has 0 bridgehead atoms. The molecule has 0 aliphatic carbocycles. The smallest absolute Gasteiger partial charge is 0.343 e. The summed E-state index contributed by atoms with van der Waals surface area (Å²) >= 11 is 0. The molecule has 4 rings (SSSR count). The van der Waals surface area contributed by atoms with E-state index in [2.05, 4.69) is 0 Å². The van der Waals surface area contributed by atoms with E-state index in [4.69, 9.17) is 9.47 Å². The van der Waals surface area contributed by atoms with E-state index in [1.165, 1.54) is 24.3 Å². The maximum absolute atomic E-state index is 13.4. The van der Waals surface area contributed by atoms with Gasteiger partial charge in [0.2, 0.25) is 5.78 Å². The topological polar surface area (TPSA) is 52.6 Å². The van der Waals surface area contributed by atoms with Gasteiger partial charge in [-0.15, -0.1) is 0 Å².